The zero-order valence-electron chi connectivity index (χ0n) is 14.3. The van der Waals surface area contributed by atoms with Crippen LogP contribution in [0.2, 0.25) is 5.02 Å². The molecule has 0 atom stereocenters. The van der Waals surface area contributed by atoms with E-state index < -0.39 is 18.3 Å². The second-order valence-corrected chi connectivity index (χ2v) is 5.78. The van der Waals surface area contributed by atoms with Gasteiger partial charge in [-0.05, 0) is 42.3 Å². The zero-order chi connectivity index (χ0) is 19.8. The van der Waals surface area contributed by atoms with E-state index in [-0.39, 0.29) is 28.6 Å². The molecule has 1 N–H and O–H groups in total. The molecule has 0 heterocycles. The number of ether oxygens (including phenoxy) is 2. The van der Waals surface area contributed by atoms with Crippen LogP contribution in [0, 0.1) is 5.82 Å². The maximum Gasteiger partial charge on any atom is 0.387 e. The summed E-state index contributed by atoms with van der Waals surface area (Å²) in [4.78, 5) is 11.8. The van der Waals surface area contributed by atoms with Gasteiger partial charge in [0.25, 0.3) is 0 Å². The van der Waals surface area contributed by atoms with Crippen molar-refractivity contribution in [1.29, 1.82) is 0 Å². The summed E-state index contributed by atoms with van der Waals surface area (Å²) in [6.07, 6.45) is 2.92. The topological polar surface area (TPSA) is 47.6 Å². The van der Waals surface area contributed by atoms with E-state index in [1.165, 1.54) is 43.5 Å². The summed E-state index contributed by atoms with van der Waals surface area (Å²) in [7, 11) is 1.35. The highest BCUT2D eigenvalue weighted by atomic mass is 35.5. The van der Waals surface area contributed by atoms with Crippen LogP contribution < -0.4 is 14.8 Å². The van der Waals surface area contributed by atoms with Crippen molar-refractivity contribution in [1.82, 2.24) is 5.32 Å². The highest BCUT2D eigenvalue weighted by molar-refractivity contribution is 6.32. The van der Waals surface area contributed by atoms with E-state index in [1.807, 2.05) is 0 Å². The van der Waals surface area contributed by atoms with Gasteiger partial charge in [-0.3, -0.25) is 4.79 Å². The second kappa shape index (κ2) is 9.87. The molecule has 0 spiro atoms. The molecule has 0 unspecified atom stereocenters. The van der Waals surface area contributed by atoms with Gasteiger partial charge in [0.15, 0.2) is 11.5 Å². The Labute approximate surface area is 159 Å². The number of benzene rings is 2. The number of nitrogens with one attached hydrogen (secondary N) is 1. The van der Waals surface area contributed by atoms with Gasteiger partial charge >= 0.3 is 6.61 Å². The fourth-order valence-electron chi connectivity index (χ4n) is 2.28. The Morgan fingerprint density at radius 2 is 2.04 bits per heavy atom. The van der Waals surface area contributed by atoms with Crippen LogP contribution in [0.4, 0.5) is 13.2 Å². The van der Waals surface area contributed by atoms with Crippen LogP contribution >= 0.6 is 11.6 Å². The molecule has 1 amide bonds. The standard InChI is InChI=1S/C19H17ClF3NO3/c1-26-17-11-12(5-7-16(17)27-19(22)23)9-10-24-18(25)8-6-13-14(20)3-2-4-15(13)21/h2-8,11,19H,9-10H2,1H3,(H,24,25)/b8-6+. The molecule has 0 fully saturated rings. The van der Waals surface area contributed by atoms with Crippen molar-refractivity contribution >= 4 is 23.6 Å². The largest absolute Gasteiger partial charge is 0.493 e. The molecule has 0 aliphatic rings. The normalized spacial score (nSPS) is 11.0. The van der Waals surface area contributed by atoms with Crippen LogP contribution in [0.1, 0.15) is 11.1 Å². The monoisotopic (exact) mass is 399 g/mol. The highest BCUT2D eigenvalue weighted by Gasteiger charge is 2.11. The van der Waals surface area contributed by atoms with Crippen LogP contribution in [-0.2, 0) is 11.2 Å². The number of hydrogen-bond acceptors (Lipinski definition) is 3. The third-order valence-corrected chi connectivity index (χ3v) is 3.89. The molecule has 2 aromatic carbocycles. The van der Waals surface area contributed by atoms with Crippen molar-refractivity contribution in [3.8, 4) is 11.5 Å². The van der Waals surface area contributed by atoms with Crippen LogP contribution in [0.25, 0.3) is 6.08 Å². The third-order valence-electron chi connectivity index (χ3n) is 3.56. The van der Waals surface area contributed by atoms with Gasteiger partial charge in [0.1, 0.15) is 5.82 Å². The number of rotatable bonds is 8. The number of hydrogen-bond donors (Lipinski definition) is 1. The van der Waals surface area contributed by atoms with Gasteiger partial charge in [-0.25, -0.2) is 4.39 Å². The van der Waals surface area contributed by atoms with E-state index in [9.17, 15) is 18.0 Å². The molecular weight excluding hydrogens is 383 g/mol. The summed E-state index contributed by atoms with van der Waals surface area (Å²) >= 11 is 5.88. The van der Waals surface area contributed by atoms with Gasteiger partial charge < -0.3 is 14.8 Å². The first-order valence-electron chi connectivity index (χ1n) is 7.92. The number of halogens is 4. The molecule has 0 bridgehead atoms. The predicted molar refractivity (Wildman–Crippen MR) is 96.8 cm³/mol. The van der Waals surface area contributed by atoms with Crippen molar-refractivity contribution in [2.45, 2.75) is 13.0 Å². The molecule has 4 nitrogen and oxygen atoms in total. The Morgan fingerprint density at radius 3 is 2.70 bits per heavy atom. The zero-order valence-corrected chi connectivity index (χ0v) is 15.1. The Kier molecular flexibility index (Phi) is 7.55. The molecule has 27 heavy (non-hydrogen) atoms. The van der Waals surface area contributed by atoms with Crippen LogP contribution in [0.3, 0.4) is 0 Å². The fourth-order valence-corrected chi connectivity index (χ4v) is 2.50. The van der Waals surface area contributed by atoms with Crippen molar-refractivity contribution < 1.29 is 27.4 Å². The van der Waals surface area contributed by atoms with Crippen LogP contribution in [0.15, 0.2) is 42.5 Å². The van der Waals surface area contributed by atoms with Crippen molar-refractivity contribution in [2.24, 2.45) is 0 Å². The van der Waals surface area contributed by atoms with E-state index in [1.54, 1.807) is 12.1 Å². The van der Waals surface area contributed by atoms with Gasteiger partial charge in [-0.15, -0.1) is 0 Å². The number of carbonyl (C=O) groups excluding carboxylic acids is 1. The molecule has 0 aliphatic carbocycles. The number of amides is 1. The Morgan fingerprint density at radius 1 is 1.26 bits per heavy atom. The quantitative estimate of drug-likeness (QED) is 0.667. The minimum absolute atomic E-state index is 0.0648. The lowest BCUT2D eigenvalue weighted by atomic mass is 10.1. The van der Waals surface area contributed by atoms with Gasteiger partial charge in [-0.1, -0.05) is 23.7 Å². The number of carbonyl (C=O) groups is 1. The molecular formula is C19H17ClF3NO3. The minimum Gasteiger partial charge on any atom is -0.493 e. The highest BCUT2D eigenvalue weighted by Crippen LogP contribution is 2.29. The molecule has 0 radical (unpaired) electrons. The second-order valence-electron chi connectivity index (χ2n) is 5.37. The maximum atomic E-state index is 13.6. The summed E-state index contributed by atoms with van der Waals surface area (Å²) in [6.45, 7) is -2.66. The molecule has 8 heteroatoms. The maximum absolute atomic E-state index is 13.6. The summed E-state index contributed by atoms with van der Waals surface area (Å²) in [5.41, 5.74) is 0.892. The lowest BCUT2D eigenvalue weighted by molar-refractivity contribution is -0.116. The summed E-state index contributed by atoms with van der Waals surface area (Å²) in [5.74, 6) is -0.832. The van der Waals surface area contributed by atoms with E-state index in [0.717, 1.165) is 5.56 Å². The van der Waals surface area contributed by atoms with Gasteiger partial charge in [-0.2, -0.15) is 8.78 Å². The minimum atomic E-state index is -2.95. The summed E-state index contributed by atoms with van der Waals surface area (Å²) < 4.78 is 47.6. The average Bonchev–Trinajstić information content (AvgIpc) is 2.62. The Bertz CT molecular complexity index is 808. The number of methoxy groups -OCH3 is 1. The van der Waals surface area contributed by atoms with Gasteiger partial charge in [0.05, 0.1) is 12.1 Å². The Hall–Kier alpha value is -2.67. The fraction of sp³-hybridized carbons (Fsp3) is 0.211. The van der Waals surface area contributed by atoms with Crippen molar-refractivity contribution in [3.63, 3.8) is 0 Å². The van der Waals surface area contributed by atoms with Crippen molar-refractivity contribution in [3.05, 3.63) is 64.4 Å². The summed E-state index contributed by atoms with van der Waals surface area (Å²) in [6, 6.07) is 8.78. The molecule has 0 aliphatic heterocycles. The smallest absolute Gasteiger partial charge is 0.387 e. The Balaban J connectivity index is 1.90. The third kappa shape index (κ3) is 6.21. The first-order valence-corrected chi connectivity index (χ1v) is 8.30. The SMILES string of the molecule is COc1cc(CCNC(=O)/C=C/c2c(F)cccc2Cl)ccc1OC(F)F. The molecule has 0 saturated heterocycles. The molecule has 2 aromatic rings. The first-order chi connectivity index (χ1) is 12.9. The first kappa shape index (κ1) is 20.6. The van der Waals surface area contributed by atoms with E-state index in [2.05, 4.69) is 10.1 Å². The van der Waals surface area contributed by atoms with E-state index in [4.69, 9.17) is 16.3 Å². The molecule has 144 valence electrons. The lowest BCUT2D eigenvalue weighted by Crippen LogP contribution is -2.23. The average molecular weight is 400 g/mol. The summed E-state index contributed by atoms with van der Waals surface area (Å²) in [5, 5.41) is 2.85. The van der Waals surface area contributed by atoms with E-state index >= 15 is 0 Å². The van der Waals surface area contributed by atoms with Gasteiger partial charge in [0.2, 0.25) is 5.91 Å². The van der Waals surface area contributed by atoms with Crippen LogP contribution in [0.5, 0.6) is 11.5 Å². The lowest BCUT2D eigenvalue weighted by Gasteiger charge is -2.11. The predicted octanol–water partition coefficient (Wildman–Crippen LogP) is 4.46. The van der Waals surface area contributed by atoms with Gasteiger partial charge in [0, 0.05) is 18.2 Å². The van der Waals surface area contributed by atoms with Crippen molar-refractivity contribution in [2.75, 3.05) is 13.7 Å². The molecule has 2 rings (SSSR count). The van der Waals surface area contributed by atoms with Crippen LogP contribution in [-0.4, -0.2) is 26.2 Å². The number of alkyl halides is 2. The molecule has 0 saturated carbocycles. The molecule has 0 aromatic heterocycles. The van der Waals surface area contributed by atoms with E-state index in [0.29, 0.717) is 6.42 Å².